The van der Waals surface area contributed by atoms with Crippen molar-refractivity contribution in [2.45, 2.75) is 0 Å². The molecule has 0 saturated carbocycles. The molecule has 10 rings (SSSR count). The molecule has 0 amide bonds. The molecule has 5 nitrogen and oxygen atoms in total. The molecule has 0 aliphatic carbocycles. The van der Waals surface area contributed by atoms with Crippen molar-refractivity contribution < 1.29 is 0 Å². The summed E-state index contributed by atoms with van der Waals surface area (Å²) in [6.45, 7) is 0. The van der Waals surface area contributed by atoms with Gasteiger partial charge in [0.1, 0.15) is 0 Å². The molecule has 0 fully saturated rings. The quantitative estimate of drug-likeness (QED) is 0.174. The minimum absolute atomic E-state index is 0.632. The number of aromatic nitrogens is 5. The molecular weight excluding hydrogens is 623 g/mol. The minimum atomic E-state index is 0.632. The van der Waals surface area contributed by atoms with E-state index in [0.717, 1.165) is 61.0 Å². The van der Waals surface area contributed by atoms with E-state index in [4.69, 9.17) is 19.9 Å². The Labute approximate surface area is 294 Å². The average molecular weight is 652 g/mol. The normalized spacial score (nSPS) is 11.5. The summed E-state index contributed by atoms with van der Waals surface area (Å²) in [6, 6.07) is 61.0. The van der Waals surface area contributed by atoms with Gasteiger partial charge in [0.25, 0.3) is 0 Å². The van der Waals surface area contributed by atoms with Crippen LogP contribution >= 0.6 is 0 Å². The summed E-state index contributed by atoms with van der Waals surface area (Å²) < 4.78 is 2.36. The first-order chi connectivity index (χ1) is 25.3. The molecule has 3 heterocycles. The van der Waals surface area contributed by atoms with Crippen molar-refractivity contribution in [1.82, 2.24) is 24.5 Å². The fourth-order valence-corrected chi connectivity index (χ4v) is 7.20. The number of pyridine rings is 1. The molecule has 0 unspecified atom stereocenters. The number of fused-ring (bicyclic) bond motifs is 6. The summed E-state index contributed by atoms with van der Waals surface area (Å²) in [6.07, 6.45) is 0. The third kappa shape index (κ3) is 4.94. The van der Waals surface area contributed by atoms with Crippen molar-refractivity contribution in [2.75, 3.05) is 0 Å². The van der Waals surface area contributed by atoms with E-state index >= 15 is 0 Å². The van der Waals surface area contributed by atoms with E-state index in [1.54, 1.807) is 0 Å². The number of rotatable bonds is 5. The van der Waals surface area contributed by atoms with Gasteiger partial charge in [-0.15, -0.1) is 0 Å². The van der Waals surface area contributed by atoms with Gasteiger partial charge in [0.05, 0.1) is 22.2 Å². The summed E-state index contributed by atoms with van der Waals surface area (Å²) in [7, 11) is 0. The largest absolute Gasteiger partial charge is 0.309 e. The van der Waals surface area contributed by atoms with E-state index in [2.05, 4.69) is 120 Å². The lowest BCUT2D eigenvalue weighted by molar-refractivity contribution is 1.07. The van der Waals surface area contributed by atoms with Crippen LogP contribution in [-0.2, 0) is 0 Å². The van der Waals surface area contributed by atoms with Crippen molar-refractivity contribution in [1.29, 1.82) is 0 Å². The van der Waals surface area contributed by atoms with E-state index in [9.17, 15) is 0 Å². The van der Waals surface area contributed by atoms with E-state index in [1.807, 2.05) is 60.7 Å². The van der Waals surface area contributed by atoms with Crippen molar-refractivity contribution >= 4 is 43.5 Å². The topological polar surface area (TPSA) is 56.5 Å². The number of para-hydroxylation sites is 2. The number of hydrogen-bond donors (Lipinski definition) is 0. The number of nitrogens with zero attached hydrogens (tertiary/aromatic N) is 5. The van der Waals surface area contributed by atoms with Gasteiger partial charge < -0.3 is 4.57 Å². The van der Waals surface area contributed by atoms with Crippen LogP contribution in [0.2, 0.25) is 0 Å². The Morgan fingerprint density at radius 1 is 0.314 bits per heavy atom. The van der Waals surface area contributed by atoms with Crippen LogP contribution in [0.25, 0.3) is 94.6 Å². The molecule has 0 N–H and O–H groups in total. The molecule has 0 radical (unpaired) electrons. The van der Waals surface area contributed by atoms with Crippen molar-refractivity contribution in [3.05, 3.63) is 176 Å². The molecule has 3 aromatic heterocycles. The van der Waals surface area contributed by atoms with Gasteiger partial charge in [0.2, 0.25) is 0 Å². The van der Waals surface area contributed by atoms with Gasteiger partial charge in [-0.25, -0.2) is 19.9 Å². The van der Waals surface area contributed by atoms with E-state index in [1.165, 1.54) is 16.2 Å². The third-order valence-electron chi connectivity index (χ3n) is 9.62. The molecule has 0 aliphatic heterocycles. The summed E-state index contributed by atoms with van der Waals surface area (Å²) in [5.41, 5.74) is 9.22. The molecular formula is C46H29N5. The second kappa shape index (κ2) is 11.9. The van der Waals surface area contributed by atoms with Crippen molar-refractivity contribution in [3.63, 3.8) is 0 Å². The molecule has 5 heteroatoms. The van der Waals surface area contributed by atoms with Gasteiger partial charge in [-0.3, -0.25) is 0 Å². The smallest absolute Gasteiger partial charge is 0.164 e. The number of benzene rings is 7. The first kappa shape index (κ1) is 29.0. The molecule has 0 aliphatic rings. The van der Waals surface area contributed by atoms with Crippen LogP contribution in [0.5, 0.6) is 0 Å². The van der Waals surface area contributed by atoms with Crippen LogP contribution in [0.15, 0.2) is 176 Å². The Morgan fingerprint density at radius 3 is 1.45 bits per heavy atom. The molecule has 0 saturated heterocycles. The zero-order valence-electron chi connectivity index (χ0n) is 27.5. The van der Waals surface area contributed by atoms with Crippen molar-refractivity contribution in [3.8, 4) is 51.1 Å². The lowest BCUT2D eigenvalue weighted by atomic mass is 9.98. The molecule has 10 aromatic rings. The van der Waals surface area contributed by atoms with E-state index in [0.29, 0.717) is 17.5 Å². The maximum atomic E-state index is 5.21. The predicted molar refractivity (Wildman–Crippen MR) is 209 cm³/mol. The lowest BCUT2D eigenvalue weighted by Gasteiger charge is -2.13. The van der Waals surface area contributed by atoms with Gasteiger partial charge >= 0.3 is 0 Å². The van der Waals surface area contributed by atoms with Crippen LogP contribution < -0.4 is 0 Å². The summed E-state index contributed by atoms with van der Waals surface area (Å²) in [5, 5.41) is 5.88. The first-order valence-electron chi connectivity index (χ1n) is 17.1. The molecule has 51 heavy (non-hydrogen) atoms. The Balaban J connectivity index is 1.17. The average Bonchev–Trinajstić information content (AvgIpc) is 3.54. The highest BCUT2D eigenvalue weighted by Crippen LogP contribution is 2.40. The molecule has 0 atom stereocenters. The highest BCUT2D eigenvalue weighted by molar-refractivity contribution is 6.20. The fraction of sp³-hybridized carbons (Fsp3) is 0. The molecule has 0 spiro atoms. The van der Waals surface area contributed by atoms with Gasteiger partial charge in [-0.05, 0) is 53.9 Å². The van der Waals surface area contributed by atoms with Crippen LogP contribution in [0.3, 0.4) is 0 Å². The Bertz CT molecular complexity index is 2820. The maximum absolute atomic E-state index is 5.21. The molecule has 238 valence electrons. The van der Waals surface area contributed by atoms with Crippen molar-refractivity contribution in [2.24, 2.45) is 0 Å². The van der Waals surface area contributed by atoms with Crippen LogP contribution in [0.4, 0.5) is 0 Å². The Hall–Kier alpha value is -6.98. The zero-order valence-corrected chi connectivity index (χ0v) is 27.5. The Kier molecular flexibility index (Phi) is 6.74. The lowest BCUT2D eigenvalue weighted by Crippen LogP contribution is -2.00. The van der Waals surface area contributed by atoms with Gasteiger partial charge in [0.15, 0.2) is 17.5 Å². The first-order valence-corrected chi connectivity index (χ1v) is 17.1. The maximum Gasteiger partial charge on any atom is 0.164 e. The fourth-order valence-electron chi connectivity index (χ4n) is 7.20. The van der Waals surface area contributed by atoms with Crippen LogP contribution in [-0.4, -0.2) is 24.5 Å². The summed E-state index contributed by atoms with van der Waals surface area (Å²) >= 11 is 0. The predicted octanol–water partition coefficient (Wildman–Crippen LogP) is 11.3. The van der Waals surface area contributed by atoms with Gasteiger partial charge in [0, 0.05) is 49.5 Å². The molecule has 7 aromatic carbocycles. The van der Waals surface area contributed by atoms with E-state index < -0.39 is 0 Å². The minimum Gasteiger partial charge on any atom is -0.309 e. The van der Waals surface area contributed by atoms with E-state index in [-0.39, 0.29) is 0 Å². The Morgan fingerprint density at radius 2 is 0.824 bits per heavy atom. The van der Waals surface area contributed by atoms with Crippen LogP contribution in [0, 0.1) is 0 Å². The molecule has 0 bridgehead atoms. The SMILES string of the molecule is c1ccc(-c2nc(-c3ccccc3)nc(-c3ccc(-n4c5ccccc5c5cc6c(cc54)c(-c4ccccc4)nc4ccccc46)cc3)n2)cc1. The number of hydrogen-bond acceptors (Lipinski definition) is 4. The van der Waals surface area contributed by atoms with Crippen LogP contribution in [0.1, 0.15) is 0 Å². The standard InChI is InChI=1S/C46H29N5/c1-4-14-30(15-5-1)43-39-29-42-38(28-37(39)35-20-10-12-22-40(35)47-43)36-21-11-13-23-41(36)51(42)34-26-24-33(25-27-34)46-49-44(31-16-6-2-7-17-31)48-45(50-46)32-18-8-3-9-19-32/h1-29H. The summed E-state index contributed by atoms with van der Waals surface area (Å²) in [5.74, 6) is 1.93. The second-order valence-electron chi connectivity index (χ2n) is 12.7. The highest BCUT2D eigenvalue weighted by Gasteiger charge is 2.18. The zero-order chi connectivity index (χ0) is 33.7. The van der Waals surface area contributed by atoms with Gasteiger partial charge in [-0.1, -0.05) is 127 Å². The highest BCUT2D eigenvalue weighted by atomic mass is 15.0. The van der Waals surface area contributed by atoms with Gasteiger partial charge in [-0.2, -0.15) is 0 Å². The third-order valence-corrected chi connectivity index (χ3v) is 9.62. The second-order valence-corrected chi connectivity index (χ2v) is 12.7. The monoisotopic (exact) mass is 651 g/mol. The summed E-state index contributed by atoms with van der Waals surface area (Å²) in [4.78, 5) is 20.0.